The molecule has 366 valence electrons. The summed E-state index contributed by atoms with van der Waals surface area (Å²) in [6, 6.07) is 32.4. The highest BCUT2D eigenvalue weighted by molar-refractivity contribution is 6.13. The molecule has 0 unspecified atom stereocenters. The van der Waals surface area contributed by atoms with Crippen molar-refractivity contribution in [3.8, 4) is 34.3 Å². The normalized spacial score (nSPS) is 13.9. The van der Waals surface area contributed by atoms with Crippen LogP contribution in [-0.4, -0.2) is 92.5 Å². The zero-order valence-electron chi connectivity index (χ0n) is 40.8. The Morgan fingerprint density at radius 2 is 1.51 bits per heavy atom. The summed E-state index contributed by atoms with van der Waals surface area (Å²) < 4.78 is 7.51. The molecule has 0 atom stereocenters. The predicted molar refractivity (Wildman–Crippen MR) is 276 cm³/mol. The fourth-order valence-corrected chi connectivity index (χ4v) is 9.35. The summed E-state index contributed by atoms with van der Waals surface area (Å²) >= 11 is 0. The number of fused-ring (bicyclic) bond motifs is 2. The minimum Gasteiger partial charge on any atom is -0.508 e. The number of phenolic OH excluding ortho intramolecular Hbond substituents is 2. The number of rotatable bonds is 15. The quantitative estimate of drug-likeness (QED) is 0.0660. The first kappa shape index (κ1) is 47.9. The number of benzene rings is 5. The second-order valence-electron chi connectivity index (χ2n) is 18.5. The van der Waals surface area contributed by atoms with Crippen molar-refractivity contribution >= 4 is 46.3 Å². The van der Waals surface area contributed by atoms with E-state index in [2.05, 4.69) is 59.9 Å². The second kappa shape index (κ2) is 20.4. The van der Waals surface area contributed by atoms with Gasteiger partial charge in [0.2, 0.25) is 11.9 Å². The first-order chi connectivity index (χ1) is 34.3. The highest BCUT2D eigenvalue weighted by Crippen LogP contribution is 2.40. The van der Waals surface area contributed by atoms with Crippen molar-refractivity contribution in [1.82, 2.24) is 34.9 Å². The highest BCUT2D eigenvalue weighted by atomic mass is 16.5. The molecule has 2 aromatic heterocycles. The van der Waals surface area contributed by atoms with Gasteiger partial charge in [-0.05, 0) is 97.4 Å². The zero-order chi connectivity index (χ0) is 49.9. The molecule has 5 aromatic carbocycles. The van der Waals surface area contributed by atoms with Gasteiger partial charge in [0.25, 0.3) is 5.91 Å². The molecule has 71 heavy (non-hydrogen) atoms. The lowest BCUT2D eigenvalue weighted by Gasteiger charge is -2.33. The van der Waals surface area contributed by atoms with Crippen molar-refractivity contribution in [3.63, 3.8) is 0 Å². The molecule has 4 heterocycles. The molecule has 17 heteroatoms. The van der Waals surface area contributed by atoms with E-state index in [1.165, 1.54) is 10.6 Å². The molecule has 1 saturated heterocycles. The highest BCUT2D eigenvalue weighted by Gasteiger charge is 2.30. The van der Waals surface area contributed by atoms with Crippen molar-refractivity contribution in [2.75, 3.05) is 60.9 Å². The number of carbonyl (C=O) groups excluding carboxylic acids is 2. The maximum Gasteiger partial charge on any atom is 0.348 e. The summed E-state index contributed by atoms with van der Waals surface area (Å²) in [6.07, 6.45) is 3.12. The third-order valence-electron chi connectivity index (χ3n) is 13.2. The Bertz CT molecular complexity index is 3130. The number of H-pyrrole nitrogens is 1. The topological polar surface area (TPSA) is 197 Å². The number of aromatic amines is 1. The van der Waals surface area contributed by atoms with E-state index in [9.17, 15) is 24.6 Å². The number of amides is 2. The summed E-state index contributed by atoms with van der Waals surface area (Å²) in [6.45, 7) is 9.57. The van der Waals surface area contributed by atoms with E-state index in [0.717, 1.165) is 54.0 Å². The molecule has 17 nitrogen and oxygen atoms in total. The van der Waals surface area contributed by atoms with Crippen LogP contribution in [0.2, 0.25) is 0 Å². The number of aromatic hydroxyl groups is 2. The minimum atomic E-state index is -0.441. The molecule has 2 amide bonds. The minimum absolute atomic E-state index is 0.00523. The average Bonchev–Trinajstić information content (AvgIpc) is 3.73. The molecule has 0 bridgehead atoms. The molecule has 2 aliphatic rings. The van der Waals surface area contributed by atoms with E-state index in [1.54, 1.807) is 24.2 Å². The lowest BCUT2D eigenvalue weighted by molar-refractivity contribution is -0.125. The maximum absolute atomic E-state index is 13.4. The van der Waals surface area contributed by atoms with Gasteiger partial charge in [0.1, 0.15) is 22.9 Å². The van der Waals surface area contributed by atoms with Crippen LogP contribution >= 0.6 is 0 Å². The molecule has 7 aromatic rings. The smallest absolute Gasteiger partial charge is 0.348 e. The van der Waals surface area contributed by atoms with Crippen molar-refractivity contribution in [3.05, 3.63) is 148 Å². The Morgan fingerprint density at radius 1 is 0.831 bits per heavy atom. The summed E-state index contributed by atoms with van der Waals surface area (Å²) in [5.74, 6) is 1.54. The number of nitrogens with one attached hydrogen (secondary N) is 3. The van der Waals surface area contributed by atoms with Crippen LogP contribution in [0.1, 0.15) is 72.1 Å². The largest absolute Gasteiger partial charge is 0.508 e. The van der Waals surface area contributed by atoms with E-state index < -0.39 is 5.69 Å². The van der Waals surface area contributed by atoms with E-state index in [1.807, 2.05) is 106 Å². The number of carbonyl (C=O) groups is 2. The summed E-state index contributed by atoms with van der Waals surface area (Å²) in [7, 11) is 5.67. The fourth-order valence-electron chi connectivity index (χ4n) is 9.35. The maximum atomic E-state index is 13.4. The third kappa shape index (κ3) is 10.1. The number of aromatic nitrogens is 5. The monoisotopic (exact) mass is 957 g/mol. The lowest BCUT2D eigenvalue weighted by Crippen LogP contribution is -2.40. The van der Waals surface area contributed by atoms with Gasteiger partial charge in [-0.1, -0.05) is 62.4 Å². The number of hydrogen-bond acceptors (Lipinski definition) is 13. The van der Waals surface area contributed by atoms with Gasteiger partial charge < -0.3 is 40.3 Å². The lowest BCUT2D eigenvalue weighted by atomic mass is 9.95. The molecule has 9 rings (SSSR count). The van der Waals surface area contributed by atoms with Crippen LogP contribution in [0.25, 0.3) is 17.1 Å². The molecule has 0 aliphatic carbocycles. The molecule has 1 fully saturated rings. The molecule has 0 saturated carbocycles. The molecule has 5 N–H and O–H groups in total. The van der Waals surface area contributed by atoms with Crippen LogP contribution in [-0.2, 0) is 24.4 Å². The molecule has 2 aliphatic heterocycles. The Morgan fingerprint density at radius 3 is 2.21 bits per heavy atom. The molecular weight excluding hydrogens is 899 g/mol. The Kier molecular flexibility index (Phi) is 13.8. The Labute approximate surface area is 412 Å². The Hall–Kier alpha value is -8.18. The van der Waals surface area contributed by atoms with E-state index in [-0.39, 0.29) is 41.0 Å². The van der Waals surface area contributed by atoms with Crippen LogP contribution in [0.15, 0.2) is 114 Å². The van der Waals surface area contributed by atoms with Gasteiger partial charge >= 0.3 is 5.69 Å². The van der Waals surface area contributed by atoms with Crippen molar-refractivity contribution in [1.29, 1.82) is 0 Å². The van der Waals surface area contributed by atoms with Gasteiger partial charge in [-0.15, -0.1) is 0 Å². The van der Waals surface area contributed by atoms with Crippen LogP contribution in [0.4, 0.5) is 34.5 Å². The number of anilines is 6. The molecule has 0 radical (unpaired) electrons. The molecule has 0 spiro atoms. The number of piperidine rings is 1. The van der Waals surface area contributed by atoms with E-state index in [0.29, 0.717) is 77.5 Å². The SMILES string of the molecule is CCOc1cc(N2CCC(C(=O)NCc3ccc(CN(C)Cc4ccc(-n5c(-c6cc(C(C)C)c(O)cc6O)n[nH]c5=O)cc4)cc3)CC2)ccc1Nc1ncc2c(n1)N(C)c1ccccc1C(=O)N2C. The first-order valence-corrected chi connectivity index (χ1v) is 23.9. The number of ether oxygens (including phenoxy) is 1. The van der Waals surface area contributed by atoms with Gasteiger partial charge in [0, 0.05) is 70.6 Å². The van der Waals surface area contributed by atoms with Crippen molar-refractivity contribution in [2.24, 2.45) is 5.92 Å². The zero-order valence-corrected chi connectivity index (χ0v) is 40.8. The van der Waals surface area contributed by atoms with Gasteiger partial charge in [-0.2, -0.15) is 10.1 Å². The van der Waals surface area contributed by atoms with E-state index in [4.69, 9.17) is 9.72 Å². The van der Waals surface area contributed by atoms with E-state index >= 15 is 0 Å². The van der Waals surface area contributed by atoms with Crippen molar-refractivity contribution < 1.29 is 24.5 Å². The van der Waals surface area contributed by atoms with Gasteiger partial charge in [0.05, 0.1) is 41.0 Å². The van der Waals surface area contributed by atoms with Crippen LogP contribution in [0.3, 0.4) is 0 Å². The number of phenols is 2. The van der Waals surface area contributed by atoms with Gasteiger partial charge in [-0.25, -0.2) is 19.4 Å². The number of nitrogens with zero attached hydrogens (tertiary/aromatic N) is 8. The van der Waals surface area contributed by atoms with Crippen LogP contribution < -0.4 is 35.8 Å². The van der Waals surface area contributed by atoms with Crippen LogP contribution in [0, 0.1) is 5.92 Å². The second-order valence-corrected chi connectivity index (χ2v) is 18.5. The third-order valence-corrected chi connectivity index (χ3v) is 13.2. The average molecular weight is 958 g/mol. The predicted octanol–water partition coefficient (Wildman–Crippen LogP) is 8.22. The summed E-state index contributed by atoms with van der Waals surface area (Å²) in [5, 5.41) is 34.2. The van der Waals surface area contributed by atoms with Gasteiger partial charge in [0.15, 0.2) is 11.6 Å². The Balaban J connectivity index is 0.752. The fraction of sp³-hybridized carbons (Fsp3) is 0.296. The van der Waals surface area contributed by atoms with Crippen LogP contribution in [0.5, 0.6) is 17.2 Å². The van der Waals surface area contributed by atoms with Crippen molar-refractivity contribution in [2.45, 2.75) is 59.2 Å². The molecular formula is C54H59N11O6. The summed E-state index contributed by atoms with van der Waals surface area (Å²) in [5.41, 5.74) is 8.04. The van der Waals surface area contributed by atoms with Gasteiger partial charge in [-0.3, -0.25) is 14.5 Å². The standard InChI is InChI=1S/C54H59N11O6/c1-7-71-48-26-39(20-21-43(48)57-53-56-30-45-50(58-53)62(5)44-11-9-8-10-40(44)52(69)63(45)6)64-24-22-37(23-25-64)51(68)55-29-34-12-14-35(15-13-34)31-61(4)32-36-16-18-38(19-17-36)65-49(59-60-54(65)70)42-27-41(33(2)3)46(66)28-47(42)67/h8-21,26-28,30,33,37,66-67H,7,22-25,29,31-32H2,1-6H3,(H,55,68)(H,60,70)(H,56,57,58). The summed E-state index contributed by atoms with van der Waals surface area (Å²) in [4.78, 5) is 56.9. The number of hydrogen-bond donors (Lipinski definition) is 5. The number of para-hydroxylation sites is 1. The first-order valence-electron chi connectivity index (χ1n) is 23.9.